The van der Waals surface area contributed by atoms with E-state index in [0.29, 0.717) is 15.7 Å². The molecule has 3 heterocycles. The Morgan fingerprint density at radius 1 is 1.38 bits per heavy atom. The largest absolute Gasteiger partial charge is 0.480 e. The van der Waals surface area contributed by atoms with Crippen molar-refractivity contribution in [2.24, 2.45) is 11.7 Å². The van der Waals surface area contributed by atoms with E-state index < -0.39 is 36.6 Å². The second kappa shape index (κ2) is 8.32. The van der Waals surface area contributed by atoms with E-state index in [1.807, 2.05) is 0 Å². The SMILES string of the molecule is C=C1Sc2c(OC)nc(N)nc2N1[C@@H]1O[C@H](COC(=O)[C@@H](N)C(C)C)[C@@H](O)[C@H]1O. The first-order chi connectivity index (χ1) is 13.6. The summed E-state index contributed by atoms with van der Waals surface area (Å²) < 4.78 is 16.2. The Labute approximate surface area is 172 Å². The quantitative estimate of drug-likeness (QED) is 0.427. The molecular weight excluding hydrogens is 402 g/mol. The minimum Gasteiger partial charge on any atom is -0.480 e. The lowest BCUT2D eigenvalue weighted by atomic mass is 10.1. The zero-order valence-corrected chi connectivity index (χ0v) is 17.1. The maximum absolute atomic E-state index is 12.0. The summed E-state index contributed by atoms with van der Waals surface area (Å²) in [6, 6.07) is -0.789. The summed E-state index contributed by atoms with van der Waals surface area (Å²) in [6.45, 7) is 7.28. The molecule has 160 valence electrons. The minimum atomic E-state index is -1.32. The average molecular weight is 427 g/mol. The predicted octanol–water partition coefficient (Wildman–Crippen LogP) is -0.576. The van der Waals surface area contributed by atoms with Crippen molar-refractivity contribution < 1.29 is 29.2 Å². The molecule has 0 amide bonds. The topological polar surface area (TPSA) is 166 Å². The molecule has 1 saturated heterocycles. The van der Waals surface area contributed by atoms with Crippen LogP contribution in [0.4, 0.5) is 11.8 Å². The number of nitrogens with two attached hydrogens (primary N) is 2. The molecule has 2 aliphatic rings. The Balaban J connectivity index is 1.77. The highest BCUT2D eigenvalue weighted by molar-refractivity contribution is 8.03. The number of rotatable bonds is 6. The van der Waals surface area contributed by atoms with E-state index in [-0.39, 0.29) is 24.4 Å². The molecule has 1 fully saturated rings. The van der Waals surface area contributed by atoms with Crippen LogP contribution in [0.3, 0.4) is 0 Å². The molecule has 6 N–H and O–H groups in total. The van der Waals surface area contributed by atoms with Gasteiger partial charge < -0.3 is 35.9 Å². The fraction of sp³-hybridized carbons (Fsp3) is 0.588. The molecule has 5 atom stereocenters. The van der Waals surface area contributed by atoms with Crippen molar-refractivity contribution >= 4 is 29.5 Å². The molecule has 29 heavy (non-hydrogen) atoms. The molecule has 0 radical (unpaired) electrons. The number of aromatic nitrogens is 2. The van der Waals surface area contributed by atoms with Crippen molar-refractivity contribution in [3.05, 3.63) is 11.6 Å². The molecule has 0 saturated carbocycles. The third-order valence-corrected chi connectivity index (χ3v) is 5.71. The Morgan fingerprint density at radius 2 is 2.07 bits per heavy atom. The highest BCUT2D eigenvalue weighted by Gasteiger charge is 2.49. The predicted molar refractivity (Wildman–Crippen MR) is 105 cm³/mol. The number of anilines is 2. The molecule has 0 bridgehead atoms. The number of aliphatic hydroxyl groups excluding tert-OH is 2. The van der Waals surface area contributed by atoms with Crippen LogP contribution in [0.5, 0.6) is 5.88 Å². The van der Waals surface area contributed by atoms with Crippen LogP contribution < -0.4 is 21.1 Å². The number of nitrogen functional groups attached to an aromatic ring is 1. The summed E-state index contributed by atoms with van der Waals surface area (Å²) in [7, 11) is 1.45. The molecule has 1 aromatic heterocycles. The molecule has 0 spiro atoms. The maximum Gasteiger partial charge on any atom is 0.323 e. The highest BCUT2D eigenvalue weighted by atomic mass is 32.2. The van der Waals surface area contributed by atoms with Gasteiger partial charge in [0.05, 0.1) is 12.1 Å². The number of carbonyl (C=O) groups is 1. The van der Waals surface area contributed by atoms with Crippen LogP contribution in [0.25, 0.3) is 0 Å². The van der Waals surface area contributed by atoms with E-state index in [1.165, 1.54) is 23.8 Å². The van der Waals surface area contributed by atoms with Crippen molar-refractivity contribution in [2.45, 2.75) is 49.3 Å². The minimum absolute atomic E-state index is 0.0258. The van der Waals surface area contributed by atoms with Gasteiger partial charge in [0.1, 0.15) is 35.9 Å². The lowest BCUT2D eigenvalue weighted by Gasteiger charge is -2.27. The van der Waals surface area contributed by atoms with Crippen LogP contribution in [0, 0.1) is 5.92 Å². The first-order valence-corrected chi connectivity index (χ1v) is 9.78. The molecular formula is C17H25N5O6S. The van der Waals surface area contributed by atoms with Gasteiger partial charge in [-0.25, -0.2) is 0 Å². The smallest absolute Gasteiger partial charge is 0.323 e. The van der Waals surface area contributed by atoms with Gasteiger partial charge in [-0.1, -0.05) is 32.2 Å². The number of hydrogen-bond acceptors (Lipinski definition) is 12. The highest BCUT2D eigenvalue weighted by Crippen LogP contribution is 2.50. The third kappa shape index (κ3) is 3.98. The molecule has 0 unspecified atom stereocenters. The number of fused-ring (bicyclic) bond motifs is 1. The van der Waals surface area contributed by atoms with Gasteiger partial charge in [-0.15, -0.1) is 0 Å². The van der Waals surface area contributed by atoms with Gasteiger partial charge in [0, 0.05) is 0 Å². The molecule has 12 heteroatoms. The van der Waals surface area contributed by atoms with Crippen molar-refractivity contribution in [1.29, 1.82) is 0 Å². The summed E-state index contributed by atoms with van der Waals surface area (Å²) in [4.78, 5) is 22.3. The molecule has 2 aliphatic heterocycles. The van der Waals surface area contributed by atoms with Gasteiger partial charge in [-0.3, -0.25) is 9.69 Å². The van der Waals surface area contributed by atoms with E-state index in [4.69, 9.17) is 25.7 Å². The Hall–Kier alpha value is -2.12. The zero-order chi connectivity index (χ0) is 21.5. The number of nitrogens with zero attached hydrogens (tertiary/aromatic N) is 3. The van der Waals surface area contributed by atoms with E-state index in [9.17, 15) is 15.0 Å². The second-order valence-corrected chi connectivity index (χ2v) is 8.14. The van der Waals surface area contributed by atoms with Gasteiger partial charge in [0.15, 0.2) is 12.0 Å². The summed E-state index contributed by atoms with van der Waals surface area (Å²) in [6.07, 6.45) is -4.59. The van der Waals surface area contributed by atoms with Gasteiger partial charge in [-0.05, 0) is 5.92 Å². The Morgan fingerprint density at radius 3 is 2.69 bits per heavy atom. The Bertz CT molecular complexity index is 809. The van der Waals surface area contributed by atoms with Crippen molar-refractivity contribution in [2.75, 3.05) is 24.4 Å². The van der Waals surface area contributed by atoms with Crippen LogP contribution in [0.1, 0.15) is 13.8 Å². The number of hydrogen-bond donors (Lipinski definition) is 4. The van der Waals surface area contributed by atoms with Gasteiger partial charge >= 0.3 is 5.97 Å². The van der Waals surface area contributed by atoms with Gasteiger partial charge in [0.2, 0.25) is 11.8 Å². The van der Waals surface area contributed by atoms with Gasteiger partial charge in [-0.2, -0.15) is 9.97 Å². The van der Waals surface area contributed by atoms with Crippen molar-refractivity contribution in [3.8, 4) is 5.88 Å². The van der Waals surface area contributed by atoms with E-state index in [0.717, 1.165) is 0 Å². The van der Waals surface area contributed by atoms with E-state index >= 15 is 0 Å². The molecule has 0 aliphatic carbocycles. The lowest BCUT2D eigenvalue weighted by molar-refractivity contribution is -0.151. The fourth-order valence-corrected chi connectivity index (χ4v) is 3.96. The first kappa shape index (κ1) is 21.6. The monoisotopic (exact) mass is 427 g/mol. The molecule has 0 aromatic carbocycles. The van der Waals surface area contributed by atoms with Crippen LogP contribution in [0.2, 0.25) is 0 Å². The molecule has 3 rings (SSSR count). The Kier molecular flexibility index (Phi) is 6.19. The number of esters is 1. The van der Waals surface area contributed by atoms with E-state index in [2.05, 4.69) is 16.5 Å². The third-order valence-electron chi connectivity index (χ3n) is 4.72. The molecule has 11 nitrogen and oxygen atoms in total. The van der Waals surface area contributed by atoms with Gasteiger partial charge in [0.25, 0.3) is 0 Å². The van der Waals surface area contributed by atoms with Crippen LogP contribution in [0.15, 0.2) is 16.5 Å². The standard InChI is InChI=1S/C17H25N5O6S/c1-6(2)9(18)16(25)27-5-8-10(23)11(24)15(28-8)22-7(3)29-12-13(22)20-17(19)21-14(12)26-4/h6,8-11,15,23-24H,3,5,18H2,1-2,4H3,(H2,19,20,21)/t8-,9+,10-,11-,15-/m1/s1. The summed E-state index contributed by atoms with van der Waals surface area (Å²) in [5.41, 5.74) is 11.5. The van der Waals surface area contributed by atoms with Crippen LogP contribution in [-0.2, 0) is 14.3 Å². The number of aliphatic hydroxyl groups is 2. The number of ether oxygens (including phenoxy) is 3. The van der Waals surface area contributed by atoms with E-state index in [1.54, 1.807) is 13.8 Å². The number of methoxy groups -OCH3 is 1. The normalized spacial score (nSPS) is 27.3. The summed E-state index contributed by atoms with van der Waals surface area (Å²) in [5, 5.41) is 21.4. The maximum atomic E-state index is 12.0. The van der Waals surface area contributed by atoms with Crippen LogP contribution >= 0.6 is 11.8 Å². The second-order valence-electron chi connectivity index (χ2n) is 7.06. The van der Waals surface area contributed by atoms with Crippen molar-refractivity contribution in [3.63, 3.8) is 0 Å². The average Bonchev–Trinajstić information content (AvgIpc) is 3.14. The lowest BCUT2D eigenvalue weighted by Crippen LogP contribution is -2.42. The zero-order valence-electron chi connectivity index (χ0n) is 16.3. The summed E-state index contributed by atoms with van der Waals surface area (Å²) >= 11 is 1.23. The number of carbonyl (C=O) groups excluding carboxylic acids is 1. The fourth-order valence-electron chi connectivity index (χ4n) is 2.99. The number of thioether (sulfide) groups is 1. The van der Waals surface area contributed by atoms with Crippen LogP contribution in [-0.4, -0.2) is 70.4 Å². The van der Waals surface area contributed by atoms with Crippen molar-refractivity contribution in [1.82, 2.24) is 9.97 Å². The molecule has 1 aromatic rings. The first-order valence-electron chi connectivity index (χ1n) is 8.97. The summed E-state index contributed by atoms with van der Waals surface area (Å²) in [5.74, 6) is -0.119.